The van der Waals surface area contributed by atoms with Gasteiger partial charge in [0.05, 0.1) is 5.39 Å². The smallest absolute Gasteiger partial charge is 0.408 e. The third-order valence-electron chi connectivity index (χ3n) is 4.43. The maximum absolute atomic E-state index is 12.8. The van der Waals surface area contributed by atoms with Gasteiger partial charge in [0.1, 0.15) is 23.0 Å². The number of carbonyl (C=O) groups excluding carboxylic acids is 2. The first kappa shape index (κ1) is 22.3. The average molecular weight is 424 g/mol. The van der Waals surface area contributed by atoms with Gasteiger partial charge < -0.3 is 19.2 Å². The molecule has 0 fully saturated rings. The first-order chi connectivity index (χ1) is 14.5. The van der Waals surface area contributed by atoms with Crippen LogP contribution in [0.4, 0.5) is 4.79 Å². The Morgan fingerprint density at radius 1 is 1.13 bits per heavy atom. The highest BCUT2D eigenvalue weighted by Gasteiger charge is 2.27. The zero-order valence-corrected chi connectivity index (χ0v) is 18.3. The van der Waals surface area contributed by atoms with Gasteiger partial charge in [-0.15, -0.1) is 0 Å². The predicted molar refractivity (Wildman–Crippen MR) is 117 cm³/mol. The van der Waals surface area contributed by atoms with Crippen molar-refractivity contribution in [2.75, 3.05) is 0 Å². The van der Waals surface area contributed by atoms with Crippen LogP contribution in [0.25, 0.3) is 21.7 Å². The number of carbonyl (C=O) groups is 2. The van der Waals surface area contributed by atoms with E-state index in [9.17, 15) is 14.4 Å². The number of hydrogen-bond acceptors (Lipinski definition) is 6. The van der Waals surface area contributed by atoms with Crippen LogP contribution in [0.3, 0.4) is 0 Å². The fourth-order valence-electron chi connectivity index (χ4n) is 3.19. The molecule has 0 aliphatic rings. The number of ether oxygens (including phenoxy) is 2. The van der Waals surface area contributed by atoms with E-state index in [1.165, 1.54) is 6.07 Å². The molecule has 7 heteroatoms. The monoisotopic (exact) mass is 424 g/mol. The van der Waals surface area contributed by atoms with Crippen LogP contribution in [0, 0.1) is 12.0 Å². The van der Waals surface area contributed by atoms with Gasteiger partial charge in [-0.3, -0.25) is 0 Å². The summed E-state index contributed by atoms with van der Waals surface area (Å²) in [5, 5.41) is 4.32. The Hall–Kier alpha value is -3.35. The van der Waals surface area contributed by atoms with Crippen molar-refractivity contribution in [3.63, 3.8) is 0 Å². The summed E-state index contributed by atoms with van der Waals surface area (Å²) >= 11 is 0. The molecule has 0 unspecified atom stereocenters. The molecule has 1 N–H and O–H groups in total. The average Bonchev–Trinajstić information content (AvgIpc) is 2.66. The minimum Gasteiger partial charge on any atom is -0.444 e. The Morgan fingerprint density at radius 3 is 2.55 bits per heavy atom. The molecule has 1 amide bonds. The highest BCUT2D eigenvalue weighted by atomic mass is 16.6. The summed E-state index contributed by atoms with van der Waals surface area (Å²) < 4.78 is 16.1. The lowest BCUT2D eigenvalue weighted by Gasteiger charge is -2.23. The van der Waals surface area contributed by atoms with Crippen molar-refractivity contribution in [1.82, 2.24) is 5.32 Å². The first-order valence-electron chi connectivity index (χ1n) is 10.1. The normalized spacial score (nSPS) is 12.7. The molecule has 0 aliphatic carbocycles. The van der Waals surface area contributed by atoms with E-state index in [0.29, 0.717) is 22.8 Å². The summed E-state index contributed by atoms with van der Waals surface area (Å²) in [5.74, 6) is -0.329. The van der Waals surface area contributed by atoms with Crippen LogP contribution in [0.2, 0.25) is 0 Å². The molecule has 3 aromatic rings. The minimum absolute atomic E-state index is 0.124. The van der Waals surface area contributed by atoms with Crippen LogP contribution in [0.5, 0.6) is 5.75 Å². The molecule has 7 nitrogen and oxygen atoms in total. The molecule has 2 aromatic carbocycles. The number of esters is 1. The molecule has 1 heterocycles. The van der Waals surface area contributed by atoms with E-state index in [0.717, 1.165) is 5.39 Å². The van der Waals surface area contributed by atoms with Gasteiger partial charge in [0, 0.05) is 10.8 Å². The number of fused-ring (bicyclic) bond motifs is 3. The number of alkyl carbamates (subject to hydrolysis) is 1. The van der Waals surface area contributed by atoms with Crippen molar-refractivity contribution in [3.05, 3.63) is 52.9 Å². The lowest BCUT2D eigenvalue weighted by atomic mass is 10.0. The van der Waals surface area contributed by atoms with Gasteiger partial charge >= 0.3 is 17.7 Å². The maximum Gasteiger partial charge on any atom is 0.408 e. The molecule has 3 rings (SSSR count). The number of rotatable bonds is 5. The third-order valence-corrected chi connectivity index (χ3v) is 4.43. The van der Waals surface area contributed by atoms with Crippen LogP contribution in [0.15, 0.2) is 45.6 Å². The van der Waals surface area contributed by atoms with Crippen LogP contribution >= 0.6 is 0 Å². The molecule has 0 saturated carbocycles. The van der Waals surface area contributed by atoms with Crippen molar-refractivity contribution in [1.29, 1.82) is 0 Å². The van der Waals surface area contributed by atoms with Crippen LogP contribution < -0.4 is 15.7 Å². The quantitative estimate of drug-likeness (QED) is 0.279. The van der Waals surface area contributed by atoms with Gasteiger partial charge in [0.25, 0.3) is 0 Å². The number of hydrogen-bond donors (Lipinski definition) is 1. The summed E-state index contributed by atoms with van der Waals surface area (Å²) in [7, 11) is 0. The Labute approximate surface area is 180 Å². The molecule has 1 radical (unpaired) electrons. The molecule has 1 aromatic heterocycles. The highest BCUT2D eigenvalue weighted by molar-refractivity contribution is 6.04. The van der Waals surface area contributed by atoms with Crippen molar-refractivity contribution < 1.29 is 23.5 Å². The number of benzene rings is 2. The van der Waals surface area contributed by atoms with E-state index >= 15 is 0 Å². The lowest BCUT2D eigenvalue weighted by molar-refractivity contribution is -0.137. The van der Waals surface area contributed by atoms with Crippen molar-refractivity contribution in [2.24, 2.45) is 5.92 Å². The zero-order chi connectivity index (χ0) is 22.8. The summed E-state index contributed by atoms with van der Waals surface area (Å²) in [6, 6.07) is 11.9. The maximum atomic E-state index is 12.8. The molecule has 31 heavy (non-hydrogen) atoms. The fourth-order valence-corrected chi connectivity index (χ4v) is 3.19. The van der Waals surface area contributed by atoms with Gasteiger partial charge in [0.15, 0.2) is 0 Å². The van der Waals surface area contributed by atoms with E-state index in [-0.39, 0.29) is 11.7 Å². The molecule has 163 valence electrons. The zero-order valence-electron chi connectivity index (χ0n) is 18.3. The molecule has 0 bridgehead atoms. The SMILES string of the molecule is CC(C)C[C@@H](NC(=O)OC(C)(C)C)C(=O)Oc1ccc2c(c1)c(=O)oc1c[c]ccc12. The molecule has 1 atom stereocenters. The van der Waals surface area contributed by atoms with Crippen LogP contribution in [0.1, 0.15) is 41.0 Å². The molecular weight excluding hydrogens is 398 g/mol. The van der Waals surface area contributed by atoms with Crippen LogP contribution in [-0.4, -0.2) is 23.7 Å². The van der Waals surface area contributed by atoms with Crippen molar-refractivity contribution in [3.8, 4) is 5.75 Å². The minimum atomic E-state index is -0.894. The Balaban J connectivity index is 1.85. The van der Waals surface area contributed by atoms with Gasteiger partial charge in [0.2, 0.25) is 0 Å². The standard InChI is InChI=1S/C24H26NO6/c1-14(2)12-19(25-23(28)31-24(3,4)5)22(27)29-15-10-11-16-17-8-6-7-9-20(17)30-21(26)18(16)13-15/h6,8-11,13-14,19H,12H2,1-5H3,(H,25,28)/t19-/m1/s1. The van der Waals surface area contributed by atoms with E-state index in [1.807, 2.05) is 13.8 Å². The lowest BCUT2D eigenvalue weighted by Crippen LogP contribution is -2.45. The largest absolute Gasteiger partial charge is 0.444 e. The molecule has 0 saturated heterocycles. The van der Waals surface area contributed by atoms with Gasteiger partial charge in [-0.1, -0.05) is 19.9 Å². The second kappa shape index (κ2) is 8.79. The Kier molecular flexibility index (Phi) is 6.34. The van der Waals surface area contributed by atoms with E-state index in [4.69, 9.17) is 13.9 Å². The van der Waals surface area contributed by atoms with Gasteiger partial charge in [-0.2, -0.15) is 0 Å². The number of nitrogens with one attached hydrogen (secondary N) is 1. The first-order valence-corrected chi connectivity index (χ1v) is 10.1. The van der Waals surface area contributed by atoms with Crippen molar-refractivity contribution >= 4 is 33.8 Å². The Morgan fingerprint density at radius 2 is 1.87 bits per heavy atom. The highest BCUT2D eigenvalue weighted by Crippen LogP contribution is 2.26. The summed E-state index contributed by atoms with van der Waals surface area (Å²) in [4.78, 5) is 37.3. The topological polar surface area (TPSA) is 94.8 Å². The van der Waals surface area contributed by atoms with Gasteiger partial charge in [-0.25, -0.2) is 14.4 Å². The fraction of sp³-hybridized carbons (Fsp3) is 0.375. The van der Waals surface area contributed by atoms with E-state index in [1.54, 1.807) is 51.1 Å². The summed E-state index contributed by atoms with van der Waals surface area (Å²) in [6.07, 6.45) is -0.327. The summed E-state index contributed by atoms with van der Waals surface area (Å²) in [6.45, 7) is 9.09. The second-order valence-electron chi connectivity index (χ2n) is 8.77. The van der Waals surface area contributed by atoms with E-state index in [2.05, 4.69) is 11.4 Å². The molecule has 0 aliphatic heterocycles. The molecule has 0 spiro atoms. The second-order valence-corrected chi connectivity index (χ2v) is 8.77. The summed E-state index contributed by atoms with van der Waals surface area (Å²) in [5.41, 5.74) is -0.794. The predicted octanol–water partition coefficient (Wildman–Crippen LogP) is 4.59. The Bertz CT molecular complexity index is 1170. The molecular formula is C24H26NO6. The van der Waals surface area contributed by atoms with E-state index < -0.39 is 29.3 Å². The number of amides is 1. The van der Waals surface area contributed by atoms with Crippen LogP contribution in [-0.2, 0) is 9.53 Å². The van der Waals surface area contributed by atoms with Gasteiger partial charge in [-0.05, 0) is 69.5 Å². The van der Waals surface area contributed by atoms with Crippen molar-refractivity contribution in [2.45, 2.75) is 52.7 Å². The third kappa shape index (κ3) is 5.63.